The fourth-order valence-electron chi connectivity index (χ4n) is 10.0. The highest BCUT2D eigenvalue weighted by Crippen LogP contribution is 2.62. The molecule has 2 aliphatic heterocycles. The first-order valence-corrected chi connectivity index (χ1v) is 21.1. The minimum Gasteiger partial charge on any atom is -0.312 e. The van der Waals surface area contributed by atoms with Gasteiger partial charge in [0.2, 0.25) is 0 Å². The van der Waals surface area contributed by atoms with Gasteiger partial charge in [0.1, 0.15) is 0 Å². The normalized spacial score (nSPS) is 16.3. The first-order chi connectivity index (χ1) is 28.8. The number of nitrogens with zero attached hydrogens (tertiary/aromatic N) is 2. The van der Waals surface area contributed by atoms with E-state index >= 15 is 0 Å². The summed E-state index contributed by atoms with van der Waals surface area (Å²) in [5.41, 5.74) is 17.3. The van der Waals surface area contributed by atoms with Crippen molar-refractivity contribution in [2.75, 3.05) is 4.90 Å². The summed E-state index contributed by atoms with van der Waals surface area (Å²) in [7, 11) is 0. The lowest BCUT2D eigenvalue weighted by Gasteiger charge is -2.47. The molecular weight excluding hydrogens is 721 g/mol. The Hall–Kier alpha value is -6.81. The Kier molecular flexibility index (Phi) is 7.55. The molecule has 3 aliphatic rings. The molecule has 2 nitrogen and oxygen atoms in total. The maximum Gasteiger partial charge on any atom is 0.0760 e. The lowest BCUT2D eigenvalue weighted by molar-refractivity contribution is 0.681. The largest absolute Gasteiger partial charge is 0.312 e. The van der Waals surface area contributed by atoms with Crippen molar-refractivity contribution in [3.05, 3.63) is 229 Å². The van der Waals surface area contributed by atoms with E-state index in [1.165, 1.54) is 81.8 Å². The molecule has 1 spiro atoms. The van der Waals surface area contributed by atoms with Crippen molar-refractivity contribution in [1.29, 1.82) is 0 Å². The van der Waals surface area contributed by atoms with Crippen LogP contribution in [0, 0.1) is 0 Å². The summed E-state index contributed by atoms with van der Waals surface area (Å²) in [6.07, 6.45) is 6.89. The van der Waals surface area contributed by atoms with Gasteiger partial charge in [0.25, 0.3) is 0 Å². The van der Waals surface area contributed by atoms with Crippen LogP contribution in [0.3, 0.4) is 0 Å². The Morgan fingerprint density at radius 1 is 0.466 bits per heavy atom. The number of fused-ring (bicyclic) bond motifs is 10. The highest BCUT2D eigenvalue weighted by Gasteiger charge is 2.50. The number of aromatic nitrogens is 1. The second-order valence-corrected chi connectivity index (χ2v) is 16.6. The molecule has 1 unspecified atom stereocenters. The van der Waals surface area contributed by atoms with Crippen LogP contribution >= 0.6 is 11.8 Å². The van der Waals surface area contributed by atoms with Crippen LogP contribution in [0.5, 0.6) is 0 Å². The number of benzene rings is 8. The van der Waals surface area contributed by atoms with Crippen LogP contribution in [0.25, 0.3) is 49.8 Å². The molecule has 0 N–H and O–H groups in total. The predicted octanol–water partition coefficient (Wildman–Crippen LogP) is 15.0. The summed E-state index contributed by atoms with van der Waals surface area (Å²) in [6.45, 7) is 0. The maximum absolute atomic E-state index is 2.60. The lowest BCUT2D eigenvalue weighted by Crippen LogP contribution is -2.38. The van der Waals surface area contributed by atoms with E-state index in [4.69, 9.17) is 0 Å². The topological polar surface area (TPSA) is 8.17 Å². The molecule has 0 bridgehead atoms. The molecule has 0 radical (unpaired) electrons. The van der Waals surface area contributed by atoms with E-state index in [2.05, 4.69) is 216 Å². The Bertz CT molecular complexity index is 3040. The summed E-state index contributed by atoms with van der Waals surface area (Å²) >= 11 is 1.91. The zero-order valence-corrected chi connectivity index (χ0v) is 32.7. The number of rotatable bonds is 5. The van der Waals surface area contributed by atoms with E-state index in [0.29, 0.717) is 0 Å². The summed E-state index contributed by atoms with van der Waals surface area (Å²) < 4.78 is 2.60. The zero-order chi connectivity index (χ0) is 38.2. The highest BCUT2D eigenvalue weighted by atomic mass is 32.2. The van der Waals surface area contributed by atoms with Gasteiger partial charge < -0.3 is 9.47 Å². The van der Waals surface area contributed by atoms with Crippen LogP contribution in [0.4, 0.5) is 17.1 Å². The van der Waals surface area contributed by atoms with Crippen molar-refractivity contribution in [2.24, 2.45) is 0 Å². The third-order valence-corrected chi connectivity index (χ3v) is 13.7. The smallest absolute Gasteiger partial charge is 0.0760 e. The van der Waals surface area contributed by atoms with Gasteiger partial charge >= 0.3 is 0 Å². The molecule has 9 aromatic rings. The van der Waals surface area contributed by atoms with Gasteiger partial charge in [0, 0.05) is 43.3 Å². The number of allylic oxidation sites excluding steroid dienone is 4. The van der Waals surface area contributed by atoms with Crippen LogP contribution < -0.4 is 4.90 Å². The van der Waals surface area contributed by atoms with Crippen LogP contribution in [-0.4, -0.2) is 4.57 Å². The van der Waals surface area contributed by atoms with Crippen molar-refractivity contribution < 1.29 is 0 Å². The van der Waals surface area contributed by atoms with Crippen LogP contribution in [0.1, 0.15) is 29.5 Å². The molecule has 1 atom stereocenters. The van der Waals surface area contributed by atoms with Gasteiger partial charge in [-0.1, -0.05) is 170 Å². The number of hydrogen-bond donors (Lipinski definition) is 0. The van der Waals surface area contributed by atoms with Gasteiger partial charge in [-0.25, -0.2) is 0 Å². The summed E-state index contributed by atoms with van der Waals surface area (Å²) in [5, 5.41) is 2.64. The van der Waals surface area contributed by atoms with Gasteiger partial charge in [0.05, 0.1) is 16.4 Å². The third kappa shape index (κ3) is 4.87. The quantitative estimate of drug-likeness (QED) is 0.173. The monoisotopic (exact) mass is 758 g/mol. The van der Waals surface area contributed by atoms with E-state index in [-0.39, 0.29) is 0 Å². The average Bonchev–Trinajstić information content (AvgIpc) is 3.64. The molecule has 1 aliphatic carbocycles. The van der Waals surface area contributed by atoms with E-state index < -0.39 is 5.41 Å². The lowest BCUT2D eigenvalue weighted by atomic mass is 9.61. The van der Waals surface area contributed by atoms with Gasteiger partial charge in [-0.05, 0) is 106 Å². The Labute approximate surface area is 343 Å². The molecule has 274 valence electrons. The van der Waals surface area contributed by atoms with E-state index in [1.807, 2.05) is 11.8 Å². The second kappa shape index (κ2) is 13.1. The first-order valence-electron chi connectivity index (χ1n) is 20.2. The molecule has 58 heavy (non-hydrogen) atoms. The van der Waals surface area contributed by atoms with Gasteiger partial charge in [0.15, 0.2) is 0 Å². The Balaban J connectivity index is 1.08. The van der Waals surface area contributed by atoms with Gasteiger partial charge in [-0.15, -0.1) is 0 Å². The fourth-order valence-corrected chi connectivity index (χ4v) is 11.3. The maximum atomic E-state index is 2.60. The van der Waals surface area contributed by atoms with Crippen LogP contribution in [-0.2, 0) is 5.41 Å². The molecule has 8 aromatic carbocycles. The predicted molar refractivity (Wildman–Crippen MR) is 243 cm³/mol. The molecule has 3 heteroatoms. The van der Waals surface area contributed by atoms with Crippen molar-refractivity contribution >= 4 is 56.3 Å². The van der Waals surface area contributed by atoms with Gasteiger partial charge in [-0.2, -0.15) is 0 Å². The molecule has 0 fully saturated rings. The third-order valence-electron chi connectivity index (χ3n) is 12.5. The van der Waals surface area contributed by atoms with E-state index in [1.54, 1.807) is 0 Å². The van der Waals surface area contributed by atoms with Crippen molar-refractivity contribution in [3.63, 3.8) is 0 Å². The minimum atomic E-state index is -0.467. The van der Waals surface area contributed by atoms with Crippen molar-refractivity contribution in [1.82, 2.24) is 4.57 Å². The first kappa shape index (κ1) is 33.3. The number of hydrogen-bond acceptors (Lipinski definition) is 2. The zero-order valence-electron chi connectivity index (χ0n) is 31.8. The molecule has 0 saturated carbocycles. The number of para-hydroxylation sites is 2. The fraction of sp³-hybridized carbons (Fsp3) is 0.0545. The number of anilines is 3. The standard InChI is InChI=1S/C55H38N2S/c1-3-14-37(15-4-1)39-26-30-41(31-27-39)56(42-32-28-40(29-33-42)38-16-5-2-6-17-38)43-34-35-48-53(36-43)58-52-25-12-9-21-47(52)55(48)46-20-8-11-24-51(46)57-50-23-10-7-18-44(50)45-19-13-22-49(55)54(45)57/h1-10,12-23,25-36H,11,24H2. The molecular formula is C55H38N2S. The molecule has 12 rings (SSSR count). The molecule has 0 saturated heterocycles. The second-order valence-electron chi connectivity index (χ2n) is 15.5. The molecule has 3 heterocycles. The van der Waals surface area contributed by atoms with Crippen molar-refractivity contribution in [2.45, 2.75) is 28.0 Å². The van der Waals surface area contributed by atoms with E-state index in [9.17, 15) is 0 Å². The van der Waals surface area contributed by atoms with Crippen molar-refractivity contribution in [3.8, 4) is 22.3 Å². The summed E-state index contributed by atoms with van der Waals surface area (Å²) in [5.74, 6) is 0. The average molecular weight is 759 g/mol. The van der Waals surface area contributed by atoms with Crippen LogP contribution in [0.15, 0.2) is 222 Å². The Morgan fingerprint density at radius 2 is 1.03 bits per heavy atom. The van der Waals surface area contributed by atoms with Gasteiger partial charge in [-0.3, -0.25) is 0 Å². The molecule has 0 amide bonds. The van der Waals surface area contributed by atoms with Crippen LogP contribution in [0.2, 0.25) is 0 Å². The molecule has 1 aromatic heterocycles. The minimum absolute atomic E-state index is 0.467. The summed E-state index contributed by atoms with van der Waals surface area (Å²) in [4.78, 5) is 5.02. The Morgan fingerprint density at radius 3 is 1.76 bits per heavy atom. The highest BCUT2D eigenvalue weighted by molar-refractivity contribution is 7.99. The summed E-state index contributed by atoms with van der Waals surface area (Å²) in [6, 6.07) is 71.7. The SMILES string of the molecule is C1=CC2=C(CC1)n1c3ccccc3c3cccc(c31)C21c2ccccc2Sc2cc(N(c3ccc(-c4ccccc4)cc3)c3ccc(-c4ccccc4)cc3)ccc21. The van der Waals surface area contributed by atoms with E-state index in [0.717, 1.165) is 29.9 Å².